The Bertz CT molecular complexity index is 826. The maximum atomic E-state index is 12.4. The van der Waals surface area contributed by atoms with Crippen LogP contribution < -0.4 is 5.46 Å². The molecule has 6 nitrogen and oxygen atoms in total. The summed E-state index contributed by atoms with van der Waals surface area (Å²) >= 11 is 5.99. The highest BCUT2D eigenvalue weighted by Crippen LogP contribution is 2.24. The number of hydrogen-bond donors (Lipinski definition) is 1. The van der Waals surface area contributed by atoms with Gasteiger partial charge < -0.3 is 9.68 Å². The van der Waals surface area contributed by atoms with Gasteiger partial charge in [0.15, 0.2) is 5.78 Å². The van der Waals surface area contributed by atoms with Crippen LogP contribution in [0.25, 0.3) is 0 Å². The summed E-state index contributed by atoms with van der Waals surface area (Å²) in [6.45, 7) is 0.463. The summed E-state index contributed by atoms with van der Waals surface area (Å²) in [6, 6.07) is 9.23. The van der Waals surface area contributed by atoms with E-state index >= 15 is 0 Å². The lowest BCUT2D eigenvalue weighted by Crippen LogP contribution is -2.41. The van der Waals surface area contributed by atoms with Crippen LogP contribution in [-0.2, 0) is 17.5 Å². The van der Waals surface area contributed by atoms with E-state index in [1.165, 1.54) is 18.2 Å². The van der Waals surface area contributed by atoms with Gasteiger partial charge in [-0.25, -0.2) is 0 Å². The molecule has 0 radical (unpaired) electrons. The molecule has 0 aliphatic carbocycles. The molecule has 3 rings (SSSR count). The Morgan fingerprint density at radius 3 is 2.83 bits per heavy atom. The second kappa shape index (κ2) is 6.72. The van der Waals surface area contributed by atoms with Gasteiger partial charge in [-0.15, -0.1) is 0 Å². The Morgan fingerprint density at radius 2 is 2.12 bits per heavy atom. The normalized spacial score (nSPS) is 13.5. The molecule has 1 aliphatic rings. The molecule has 0 aromatic heterocycles. The van der Waals surface area contributed by atoms with E-state index in [9.17, 15) is 19.9 Å². The molecular weight excluding hydrogens is 332 g/mol. The summed E-state index contributed by atoms with van der Waals surface area (Å²) < 4.78 is 5.19. The highest BCUT2D eigenvalue weighted by Gasteiger charge is 2.25. The highest BCUT2D eigenvalue weighted by atomic mass is 35.5. The number of carbonyl (C=O) groups is 1. The highest BCUT2D eigenvalue weighted by molar-refractivity contribution is 6.60. The number of nitro benzene ring substituents is 1. The topological polar surface area (TPSA) is 89.7 Å². The van der Waals surface area contributed by atoms with E-state index in [0.717, 1.165) is 17.5 Å². The maximum Gasteiger partial charge on any atom is 0.491 e. The molecule has 2 aromatic carbocycles. The van der Waals surface area contributed by atoms with Crippen LogP contribution in [-0.4, -0.2) is 29.5 Å². The fourth-order valence-corrected chi connectivity index (χ4v) is 2.99. The minimum atomic E-state index is -0.980. The number of rotatable bonds is 4. The van der Waals surface area contributed by atoms with Gasteiger partial charge in [0.2, 0.25) is 0 Å². The van der Waals surface area contributed by atoms with Gasteiger partial charge in [-0.2, -0.15) is 0 Å². The number of fused-ring (bicyclic) bond motifs is 1. The number of Topliss-reactive ketones (excluding diaryl/α,β-unsaturated/α-hetero) is 1. The molecular formula is C16H13BClNO5. The molecule has 24 heavy (non-hydrogen) atoms. The van der Waals surface area contributed by atoms with Gasteiger partial charge in [-0.1, -0.05) is 29.8 Å². The van der Waals surface area contributed by atoms with E-state index in [1.807, 2.05) is 12.1 Å². The third-order valence-electron chi connectivity index (χ3n) is 3.95. The molecule has 1 heterocycles. The summed E-state index contributed by atoms with van der Waals surface area (Å²) in [4.78, 5) is 22.6. The molecule has 122 valence electrons. The molecule has 0 fully saturated rings. The number of hydrogen-bond acceptors (Lipinski definition) is 5. The van der Waals surface area contributed by atoms with Crippen LogP contribution in [0.1, 0.15) is 21.5 Å². The van der Waals surface area contributed by atoms with Gasteiger partial charge in [-0.3, -0.25) is 14.9 Å². The molecule has 0 spiro atoms. The zero-order valence-electron chi connectivity index (χ0n) is 12.6. The summed E-state index contributed by atoms with van der Waals surface area (Å²) in [5.41, 5.74) is 2.46. The predicted molar refractivity (Wildman–Crippen MR) is 89.8 cm³/mol. The summed E-state index contributed by atoms with van der Waals surface area (Å²) in [5, 5.41) is 20.6. The number of nitro groups is 1. The third-order valence-corrected chi connectivity index (χ3v) is 4.26. The standard InChI is InChI=1S/C16H13BClNO5/c18-15-9-12(19(22)23)3-4-13(15)16(20)8-10-1-2-11-5-6-24-17(21)14(11)7-10/h1-4,7,9,21H,5-6,8H2. The monoisotopic (exact) mass is 345 g/mol. The summed E-state index contributed by atoms with van der Waals surface area (Å²) in [5.74, 6) is -0.249. The zero-order valence-corrected chi connectivity index (χ0v) is 13.3. The first-order valence-electron chi connectivity index (χ1n) is 7.34. The van der Waals surface area contributed by atoms with Gasteiger partial charge in [0.05, 0.1) is 9.95 Å². The second-order valence-corrected chi connectivity index (χ2v) is 5.93. The molecule has 0 amide bonds. The van der Waals surface area contributed by atoms with Crippen molar-refractivity contribution in [2.45, 2.75) is 12.8 Å². The van der Waals surface area contributed by atoms with Crippen LogP contribution >= 0.6 is 11.6 Å². The second-order valence-electron chi connectivity index (χ2n) is 5.53. The van der Waals surface area contributed by atoms with Gasteiger partial charge in [0, 0.05) is 30.7 Å². The lowest BCUT2D eigenvalue weighted by Gasteiger charge is -2.19. The molecule has 0 saturated carbocycles. The molecule has 0 atom stereocenters. The Hall–Kier alpha value is -2.22. The van der Waals surface area contributed by atoms with Crippen LogP contribution in [0.15, 0.2) is 36.4 Å². The van der Waals surface area contributed by atoms with E-state index in [2.05, 4.69) is 0 Å². The van der Waals surface area contributed by atoms with E-state index in [1.54, 1.807) is 6.07 Å². The van der Waals surface area contributed by atoms with E-state index in [-0.39, 0.29) is 28.5 Å². The van der Waals surface area contributed by atoms with Gasteiger partial charge >= 0.3 is 7.12 Å². The van der Waals surface area contributed by atoms with Crippen molar-refractivity contribution < 1.29 is 19.4 Å². The zero-order chi connectivity index (χ0) is 17.3. The lowest BCUT2D eigenvalue weighted by atomic mass is 9.73. The molecule has 1 aliphatic heterocycles. The van der Waals surface area contributed by atoms with Crippen LogP contribution in [0.5, 0.6) is 0 Å². The van der Waals surface area contributed by atoms with E-state index in [4.69, 9.17) is 16.3 Å². The maximum absolute atomic E-state index is 12.4. The first-order chi connectivity index (χ1) is 11.5. The fraction of sp³-hybridized carbons (Fsp3) is 0.188. The Morgan fingerprint density at radius 1 is 1.33 bits per heavy atom. The van der Waals surface area contributed by atoms with Crippen molar-refractivity contribution in [2.75, 3.05) is 6.61 Å². The van der Waals surface area contributed by atoms with Gasteiger partial charge in [-0.05, 0) is 29.1 Å². The number of nitrogens with zero attached hydrogens (tertiary/aromatic N) is 1. The smallest absolute Gasteiger partial charge is 0.423 e. The lowest BCUT2D eigenvalue weighted by molar-refractivity contribution is -0.384. The third kappa shape index (κ3) is 3.33. The van der Waals surface area contributed by atoms with Crippen molar-refractivity contribution in [3.63, 3.8) is 0 Å². The Labute approximate surface area is 143 Å². The largest absolute Gasteiger partial charge is 0.491 e. The van der Waals surface area contributed by atoms with Crippen LogP contribution in [0.3, 0.4) is 0 Å². The Balaban J connectivity index is 1.83. The molecule has 0 unspecified atom stereocenters. The van der Waals surface area contributed by atoms with Crippen LogP contribution in [0.2, 0.25) is 5.02 Å². The van der Waals surface area contributed by atoms with Crippen molar-refractivity contribution in [1.82, 2.24) is 0 Å². The van der Waals surface area contributed by atoms with Crippen LogP contribution in [0.4, 0.5) is 5.69 Å². The van der Waals surface area contributed by atoms with Crippen molar-refractivity contribution in [3.8, 4) is 0 Å². The van der Waals surface area contributed by atoms with Crippen molar-refractivity contribution in [1.29, 1.82) is 0 Å². The predicted octanol–water partition coefficient (Wildman–Crippen LogP) is 1.93. The summed E-state index contributed by atoms with van der Waals surface area (Å²) in [6.07, 6.45) is 0.798. The first-order valence-corrected chi connectivity index (χ1v) is 7.72. The van der Waals surface area contributed by atoms with Crippen molar-refractivity contribution in [2.24, 2.45) is 0 Å². The molecule has 0 bridgehead atoms. The molecule has 8 heteroatoms. The average Bonchev–Trinajstić information content (AvgIpc) is 2.55. The first kappa shape index (κ1) is 16.6. The van der Waals surface area contributed by atoms with E-state index < -0.39 is 12.0 Å². The van der Waals surface area contributed by atoms with Crippen molar-refractivity contribution >= 4 is 35.7 Å². The number of halogens is 1. The fourth-order valence-electron chi connectivity index (χ4n) is 2.71. The van der Waals surface area contributed by atoms with Crippen LogP contribution in [0, 0.1) is 10.1 Å². The van der Waals surface area contributed by atoms with E-state index in [0.29, 0.717) is 12.1 Å². The summed E-state index contributed by atoms with van der Waals surface area (Å²) in [7, 11) is -0.980. The number of ketones is 1. The SMILES string of the molecule is O=C(Cc1ccc2c(c1)B(O)OCC2)c1ccc([N+](=O)[O-])cc1Cl. The molecule has 0 saturated heterocycles. The number of non-ortho nitro benzene ring substituents is 1. The minimum Gasteiger partial charge on any atom is -0.423 e. The quantitative estimate of drug-likeness (QED) is 0.396. The van der Waals surface area contributed by atoms with Crippen molar-refractivity contribution in [3.05, 3.63) is 68.2 Å². The average molecular weight is 346 g/mol. The van der Waals surface area contributed by atoms with Gasteiger partial charge in [0.1, 0.15) is 0 Å². The molecule has 1 N–H and O–H groups in total. The number of carbonyl (C=O) groups excluding carboxylic acids is 1. The van der Waals surface area contributed by atoms with Gasteiger partial charge in [0.25, 0.3) is 5.69 Å². The minimum absolute atomic E-state index is 0.0514. The molecule has 2 aromatic rings. The Kier molecular flexibility index (Phi) is 4.66. The number of benzene rings is 2.